The summed E-state index contributed by atoms with van der Waals surface area (Å²) in [6.45, 7) is 0.572. The fraction of sp³-hybridized carbons (Fsp3) is 1.00. The minimum atomic E-state index is -4.30. The molecule has 0 radical (unpaired) electrons. The third-order valence-electron chi connectivity index (χ3n) is 3.23. The Bertz CT molecular complexity index is 260. The molecule has 3 atom stereocenters. The predicted molar refractivity (Wildman–Crippen MR) is 63.2 cm³/mol. The van der Waals surface area contributed by atoms with Crippen molar-refractivity contribution in [1.29, 1.82) is 0 Å². The maximum atomic E-state index is 13.0. The molecule has 1 heterocycles. The molecular weight excluding hydrogens is 247 g/mol. The van der Waals surface area contributed by atoms with Crippen molar-refractivity contribution >= 4 is 0 Å². The molecule has 0 amide bonds. The number of nitrogens with zero attached hydrogens (tertiary/aromatic N) is 2. The molecule has 3 unspecified atom stereocenters. The van der Waals surface area contributed by atoms with E-state index in [0.29, 0.717) is 13.0 Å². The first-order valence-corrected chi connectivity index (χ1v) is 6.11. The SMILES string of the molecule is CN(C)CC1CC(O)CN1C(CCN)C(F)(F)F. The van der Waals surface area contributed by atoms with Crippen molar-refractivity contribution in [2.75, 3.05) is 33.7 Å². The number of halogens is 3. The normalized spacial score (nSPS) is 28.0. The van der Waals surface area contributed by atoms with E-state index in [-0.39, 0.29) is 25.6 Å². The van der Waals surface area contributed by atoms with Crippen molar-refractivity contribution in [3.8, 4) is 0 Å². The van der Waals surface area contributed by atoms with Gasteiger partial charge < -0.3 is 15.7 Å². The number of rotatable bonds is 5. The molecule has 1 fully saturated rings. The van der Waals surface area contributed by atoms with E-state index in [9.17, 15) is 18.3 Å². The molecule has 1 aliphatic rings. The van der Waals surface area contributed by atoms with Gasteiger partial charge in [-0.25, -0.2) is 0 Å². The van der Waals surface area contributed by atoms with Crippen LogP contribution in [0.1, 0.15) is 12.8 Å². The number of nitrogens with two attached hydrogens (primary N) is 1. The number of alkyl halides is 3. The Hall–Kier alpha value is -0.370. The first-order chi connectivity index (χ1) is 8.25. The third kappa shape index (κ3) is 4.08. The maximum Gasteiger partial charge on any atom is 0.404 e. The Morgan fingerprint density at radius 3 is 2.50 bits per heavy atom. The van der Waals surface area contributed by atoms with Crippen molar-refractivity contribution in [3.05, 3.63) is 0 Å². The second-order valence-corrected chi connectivity index (χ2v) is 5.14. The minimum absolute atomic E-state index is 0.00848. The van der Waals surface area contributed by atoms with Gasteiger partial charge in [0, 0.05) is 19.1 Å². The zero-order chi connectivity index (χ0) is 13.9. The Balaban J connectivity index is 2.80. The number of hydrogen-bond acceptors (Lipinski definition) is 4. The summed E-state index contributed by atoms with van der Waals surface area (Å²) in [4.78, 5) is 3.20. The van der Waals surface area contributed by atoms with Crippen molar-refractivity contribution < 1.29 is 18.3 Å². The molecule has 7 heteroatoms. The van der Waals surface area contributed by atoms with Crippen LogP contribution in [0.3, 0.4) is 0 Å². The van der Waals surface area contributed by atoms with Crippen LogP contribution < -0.4 is 5.73 Å². The standard InChI is InChI=1S/C11H22F3N3O/c1-16(2)6-8-5-9(18)7-17(8)10(3-4-15)11(12,13)14/h8-10,18H,3-7,15H2,1-2H3. The van der Waals surface area contributed by atoms with Gasteiger partial charge in [-0.3, -0.25) is 4.90 Å². The van der Waals surface area contributed by atoms with Gasteiger partial charge in [-0.2, -0.15) is 13.2 Å². The van der Waals surface area contributed by atoms with E-state index in [1.54, 1.807) is 0 Å². The Morgan fingerprint density at radius 2 is 2.06 bits per heavy atom. The first-order valence-electron chi connectivity index (χ1n) is 6.11. The number of β-amino-alcohol motifs (C(OH)–C–C–N with tert-alkyl or cyclic N) is 1. The average Bonchev–Trinajstić information content (AvgIpc) is 2.52. The Morgan fingerprint density at radius 1 is 1.44 bits per heavy atom. The fourth-order valence-corrected chi connectivity index (χ4v) is 2.57. The summed E-state index contributed by atoms with van der Waals surface area (Å²) in [6, 6.07) is -1.82. The molecule has 0 saturated carbocycles. The van der Waals surface area contributed by atoms with Gasteiger partial charge in [0.25, 0.3) is 0 Å². The topological polar surface area (TPSA) is 52.7 Å². The van der Waals surface area contributed by atoms with Gasteiger partial charge >= 0.3 is 6.18 Å². The van der Waals surface area contributed by atoms with Crippen molar-refractivity contribution in [2.45, 2.75) is 37.2 Å². The van der Waals surface area contributed by atoms with Crippen LogP contribution in [-0.4, -0.2) is 73.0 Å². The summed E-state index contributed by atoms with van der Waals surface area (Å²) in [5.74, 6) is 0. The minimum Gasteiger partial charge on any atom is -0.392 e. The molecule has 0 bridgehead atoms. The summed E-state index contributed by atoms with van der Waals surface area (Å²) in [7, 11) is 3.63. The molecule has 1 aliphatic heterocycles. The van der Waals surface area contributed by atoms with Gasteiger partial charge in [-0.05, 0) is 33.5 Å². The van der Waals surface area contributed by atoms with E-state index in [0.717, 1.165) is 0 Å². The van der Waals surface area contributed by atoms with E-state index in [2.05, 4.69) is 0 Å². The molecule has 0 aliphatic carbocycles. The summed E-state index contributed by atoms with van der Waals surface area (Å²) in [5, 5.41) is 9.61. The van der Waals surface area contributed by atoms with Crippen molar-refractivity contribution in [1.82, 2.24) is 9.80 Å². The van der Waals surface area contributed by atoms with E-state index >= 15 is 0 Å². The van der Waals surface area contributed by atoms with E-state index < -0.39 is 18.3 Å². The molecule has 1 rings (SSSR count). The van der Waals surface area contributed by atoms with Crippen LogP contribution in [0.15, 0.2) is 0 Å². The lowest BCUT2D eigenvalue weighted by molar-refractivity contribution is -0.188. The maximum absolute atomic E-state index is 13.0. The Kier molecular flexibility index (Phi) is 5.39. The second kappa shape index (κ2) is 6.18. The van der Waals surface area contributed by atoms with Gasteiger partial charge in [-0.15, -0.1) is 0 Å². The molecule has 0 aromatic heterocycles. The highest BCUT2D eigenvalue weighted by Crippen LogP contribution is 2.32. The largest absolute Gasteiger partial charge is 0.404 e. The Labute approximate surface area is 106 Å². The van der Waals surface area contributed by atoms with Gasteiger partial charge in [-0.1, -0.05) is 0 Å². The quantitative estimate of drug-likeness (QED) is 0.752. The van der Waals surface area contributed by atoms with Crippen LogP contribution >= 0.6 is 0 Å². The molecular formula is C11H22F3N3O. The van der Waals surface area contributed by atoms with Gasteiger partial charge in [0.2, 0.25) is 0 Å². The lowest BCUT2D eigenvalue weighted by atomic mass is 10.1. The molecule has 0 aromatic carbocycles. The zero-order valence-corrected chi connectivity index (χ0v) is 10.8. The van der Waals surface area contributed by atoms with Crippen molar-refractivity contribution in [3.63, 3.8) is 0 Å². The first kappa shape index (κ1) is 15.7. The second-order valence-electron chi connectivity index (χ2n) is 5.14. The number of likely N-dealkylation sites (tertiary alicyclic amines) is 1. The molecule has 3 N–H and O–H groups in total. The molecule has 0 spiro atoms. The smallest absolute Gasteiger partial charge is 0.392 e. The summed E-state index contributed by atoms with van der Waals surface area (Å²) < 4.78 is 39.0. The highest BCUT2D eigenvalue weighted by molar-refractivity contribution is 4.93. The number of likely N-dealkylation sites (N-methyl/N-ethyl adjacent to an activating group) is 1. The number of hydrogen-bond donors (Lipinski definition) is 2. The summed E-state index contributed by atoms with van der Waals surface area (Å²) >= 11 is 0. The molecule has 0 aromatic rings. The van der Waals surface area contributed by atoms with E-state index in [4.69, 9.17) is 5.73 Å². The highest BCUT2D eigenvalue weighted by atomic mass is 19.4. The van der Waals surface area contributed by atoms with Crippen LogP contribution in [0, 0.1) is 0 Å². The lowest BCUT2D eigenvalue weighted by Gasteiger charge is -2.35. The van der Waals surface area contributed by atoms with Gasteiger partial charge in [0.05, 0.1) is 6.10 Å². The van der Waals surface area contributed by atoms with E-state index in [1.165, 1.54) is 4.90 Å². The summed E-state index contributed by atoms with van der Waals surface area (Å²) in [6.07, 6.45) is -4.72. The molecule has 4 nitrogen and oxygen atoms in total. The van der Waals surface area contributed by atoms with Gasteiger partial charge in [0.15, 0.2) is 0 Å². The zero-order valence-electron chi connectivity index (χ0n) is 10.8. The predicted octanol–water partition coefficient (Wildman–Crippen LogP) is 0.263. The van der Waals surface area contributed by atoms with Crippen molar-refractivity contribution in [2.24, 2.45) is 5.73 Å². The highest BCUT2D eigenvalue weighted by Gasteiger charge is 2.48. The van der Waals surface area contributed by atoms with Gasteiger partial charge in [0.1, 0.15) is 6.04 Å². The average molecular weight is 269 g/mol. The fourth-order valence-electron chi connectivity index (χ4n) is 2.57. The monoisotopic (exact) mass is 269 g/mol. The third-order valence-corrected chi connectivity index (χ3v) is 3.23. The number of aliphatic hydroxyl groups excluding tert-OH is 1. The number of aliphatic hydroxyl groups is 1. The van der Waals surface area contributed by atoms with E-state index in [1.807, 2.05) is 19.0 Å². The van der Waals surface area contributed by atoms with Crippen LogP contribution in [0.4, 0.5) is 13.2 Å². The van der Waals surface area contributed by atoms with Crippen LogP contribution in [-0.2, 0) is 0 Å². The molecule has 1 saturated heterocycles. The van der Waals surface area contributed by atoms with Crippen LogP contribution in [0.25, 0.3) is 0 Å². The molecule has 108 valence electrons. The van der Waals surface area contributed by atoms with Crippen LogP contribution in [0.2, 0.25) is 0 Å². The molecule has 18 heavy (non-hydrogen) atoms. The summed E-state index contributed by atoms with van der Waals surface area (Å²) in [5.41, 5.74) is 5.28. The van der Waals surface area contributed by atoms with Crippen LogP contribution in [0.5, 0.6) is 0 Å². The lowest BCUT2D eigenvalue weighted by Crippen LogP contribution is -2.51.